The van der Waals surface area contributed by atoms with Gasteiger partial charge in [-0.2, -0.15) is 0 Å². The van der Waals surface area contributed by atoms with Gasteiger partial charge < -0.3 is 25.0 Å². The number of rotatable bonds is 6. The Morgan fingerprint density at radius 3 is 2.77 bits per heavy atom. The van der Waals surface area contributed by atoms with Crippen LogP contribution < -0.4 is 25.0 Å². The largest absolute Gasteiger partial charge is 0.493 e. The van der Waals surface area contributed by atoms with Crippen molar-refractivity contribution in [3.63, 3.8) is 0 Å². The molecular weight excluding hydrogens is 382 g/mol. The molecule has 158 valence electrons. The Bertz CT molecular complexity index is 959. The quantitative estimate of drug-likeness (QED) is 0.767. The first kappa shape index (κ1) is 20.1. The van der Waals surface area contributed by atoms with Crippen LogP contribution in [0.5, 0.6) is 11.5 Å². The SMILES string of the molecule is COc1ccc(CCNC(=O)c2ccc3c(c2)NC(=O)[C@@H]2CCCCN32)cc1OC. The molecule has 30 heavy (non-hydrogen) atoms. The Balaban J connectivity index is 1.40. The van der Waals surface area contributed by atoms with E-state index in [1.54, 1.807) is 20.3 Å². The normalized spacial score (nSPS) is 17.5. The molecule has 2 heterocycles. The summed E-state index contributed by atoms with van der Waals surface area (Å²) in [5, 5.41) is 5.92. The number of nitrogens with zero attached hydrogens (tertiary/aromatic N) is 1. The van der Waals surface area contributed by atoms with Crippen LogP contribution in [0.25, 0.3) is 0 Å². The van der Waals surface area contributed by atoms with Gasteiger partial charge in [-0.3, -0.25) is 9.59 Å². The number of anilines is 2. The number of carbonyl (C=O) groups is 2. The van der Waals surface area contributed by atoms with Gasteiger partial charge in [-0.15, -0.1) is 0 Å². The van der Waals surface area contributed by atoms with Gasteiger partial charge in [0.05, 0.1) is 25.6 Å². The van der Waals surface area contributed by atoms with Gasteiger partial charge in [-0.05, 0) is 61.6 Å². The van der Waals surface area contributed by atoms with E-state index in [9.17, 15) is 9.59 Å². The van der Waals surface area contributed by atoms with Crippen LogP contribution in [0.3, 0.4) is 0 Å². The number of nitrogens with one attached hydrogen (secondary N) is 2. The van der Waals surface area contributed by atoms with Gasteiger partial charge in [0.1, 0.15) is 6.04 Å². The molecule has 1 saturated heterocycles. The molecule has 7 nitrogen and oxygen atoms in total. The first-order chi connectivity index (χ1) is 14.6. The topological polar surface area (TPSA) is 79.9 Å². The van der Waals surface area contributed by atoms with E-state index in [1.807, 2.05) is 30.3 Å². The Hall–Kier alpha value is -3.22. The molecule has 7 heteroatoms. The average Bonchev–Trinajstić information content (AvgIpc) is 2.78. The molecule has 0 aliphatic carbocycles. The molecular formula is C23H27N3O4. The highest BCUT2D eigenvalue weighted by molar-refractivity contribution is 6.05. The molecule has 0 saturated carbocycles. The van der Waals surface area contributed by atoms with Crippen molar-refractivity contribution in [2.75, 3.05) is 37.5 Å². The summed E-state index contributed by atoms with van der Waals surface area (Å²) in [6.45, 7) is 1.37. The lowest BCUT2D eigenvalue weighted by molar-refractivity contribution is -0.118. The van der Waals surface area contributed by atoms with Crippen molar-refractivity contribution in [3.05, 3.63) is 47.5 Å². The fraction of sp³-hybridized carbons (Fsp3) is 0.391. The molecule has 0 bridgehead atoms. The minimum atomic E-state index is -0.159. The average molecular weight is 409 g/mol. The van der Waals surface area contributed by atoms with Crippen LogP contribution in [0, 0.1) is 0 Å². The maximum atomic E-state index is 12.6. The van der Waals surface area contributed by atoms with E-state index in [4.69, 9.17) is 9.47 Å². The summed E-state index contributed by atoms with van der Waals surface area (Å²) in [5.74, 6) is 1.21. The van der Waals surface area contributed by atoms with Crippen molar-refractivity contribution in [1.82, 2.24) is 5.32 Å². The third-order valence-corrected chi connectivity index (χ3v) is 5.78. The molecule has 2 aliphatic rings. The van der Waals surface area contributed by atoms with Crippen molar-refractivity contribution >= 4 is 23.2 Å². The summed E-state index contributed by atoms with van der Waals surface area (Å²) >= 11 is 0. The number of amides is 2. The maximum Gasteiger partial charge on any atom is 0.251 e. The van der Waals surface area contributed by atoms with Gasteiger partial charge >= 0.3 is 0 Å². The lowest BCUT2D eigenvalue weighted by Crippen LogP contribution is -2.50. The molecule has 2 amide bonds. The van der Waals surface area contributed by atoms with Crippen molar-refractivity contribution in [3.8, 4) is 11.5 Å². The number of hydrogen-bond acceptors (Lipinski definition) is 5. The van der Waals surface area contributed by atoms with Gasteiger partial charge in [0.15, 0.2) is 11.5 Å². The molecule has 0 radical (unpaired) electrons. The Kier molecular flexibility index (Phi) is 5.79. The number of piperidine rings is 1. The maximum absolute atomic E-state index is 12.6. The first-order valence-corrected chi connectivity index (χ1v) is 10.3. The van der Waals surface area contributed by atoms with Crippen LogP contribution in [-0.2, 0) is 11.2 Å². The summed E-state index contributed by atoms with van der Waals surface area (Å²) in [5.41, 5.74) is 3.30. The fourth-order valence-electron chi connectivity index (χ4n) is 4.19. The molecule has 0 aromatic heterocycles. The smallest absolute Gasteiger partial charge is 0.251 e. The van der Waals surface area contributed by atoms with Crippen LogP contribution in [0.15, 0.2) is 36.4 Å². The number of benzene rings is 2. The van der Waals surface area contributed by atoms with Gasteiger partial charge in [0.2, 0.25) is 5.91 Å². The number of methoxy groups -OCH3 is 2. The lowest BCUT2D eigenvalue weighted by atomic mass is 9.97. The van der Waals surface area contributed by atoms with E-state index in [1.165, 1.54) is 0 Å². The van der Waals surface area contributed by atoms with Crippen LogP contribution in [-0.4, -0.2) is 45.2 Å². The highest BCUT2D eigenvalue weighted by atomic mass is 16.5. The van der Waals surface area contributed by atoms with E-state index in [0.29, 0.717) is 35.7 Å². The number of fused-ring (bicyclic) bond motifs is 3. The molecule has 2 N–H and O–H groups in total. The van der Waals surface area contributed by atoms with Crippen molar-refractivity contribution < 1.29 is 19.1 Å². The standard InChI is InChI=1S/C23H27N3O4/c1-29-20-9-6-15(13-21(20)30-2)10-11-24-22(27)16-7-8-18-17(14-16)25-23(28)19-5-3-4-12-26(18)19/h6-9,13-14,19H,3-5,10-12H2,1-2H3,(H,24,27)(H,25,28)/t19-/m0/s1. The zero-order valence-corrected chi connectivity index (χ0v) is 17.4. The number of ether oxygens (including phenoxy) is 2. The summed E-state index contributed by atoms with van der Waals surface area (Å²) in [4.78, 5) is 27.2. The van der Waals surface area contributed by atoms with Crippen LogP contribution >= 0.6 is 0 Å². The molecule has 2 aromatic rings. The first-order valence-electron chi connectivity index (χ1n) is 10.3. The highest BCUT2D eigenvalue weighted by Gasteiger charge is 2.34. The minimum absolute atomic E-state index is 0.0215. The summed E-state index contributed by atoms with van der Waals surface area (Å²) < 4.78 is 10.6. The second kappa shape index (κ2) is 8.65. The molecule has 1 fully saturated rings. The molecule has 1 atom stereocenters. The van der Waals surface area contributed by atoms with Crippen LogP contribution in [0.1, 0.15) is 35.2 Å². The second-order valence-electron chi connectivity index (χ2n) is 7.62. The van der Waals surface area contributed by atoms with Crippen molar-refractivity contribution in [1.29, 1.82) is 0 Å². The summed E-state index contributed by atoms with van der Waals surface area (Å²) in [7, 11) is 3.20. The fourth-order valence-corrected chi connectivity index (χ4v) is 4.19. The Morgan fingerprint density at radius 2 is 1.97 bits per heavy atom. The predicted molar refractivity (Wildman–Crippen MR) is 116 cm³/mol. The third kappa shape index (κ3) is 3.92. The lowest BCUT2D eigenvalue weighted by Gasteiger charge is -2.41. The predicted octanol–water partition coefficient (Wildman–Crippen LogP) is 2.99. The van der Waals surface area contributed by atoms with E-state index >= 15 is 0 Å². The highest BCUT2D eigenvalue weighted by Crippen LogP contribution is 2.36. The molecule has 0 unspecified atom stereocenters. The van der Waals surface area contributed by atoms with E-state index < -0.39 is 0 Å². The van der Waals surface area contributed by atoms with Gasteiger partial charge in [-0.1, -0.05) is 6.07 Å². The van der Waals surface area contributed by atoms with Crippen LogP contribution in [0.4, 0.5) is 11.4 Å². The zero-order chi connectivity index (χ0) is 21.1. The van der Waals surface area contributed by atoms with Gasteiger partial charge in [0.25, 0.3) is 5.91 Å². The van der Waals surface area contributed by atoms with Crippen molar-refractivity contribution in [2.45, 2.75) is 31.7 Å². The molecule has 0 spiro atoms. The van der Waals surface area contributed by atoms with Gasteiger partial charge in [0, 0.05) is 18.7 Å². The zero-order valence-electron chi connectivity index (χ0n) is 17.4. The number of hydrogen-bond donors (Lipinski definition) is 2. The van der Waals surface area contributed by atoms with Crippen molar-refractivity contribution in [2.24, 2.45) is 0 Å². The molecule has 4 rings (SSSR count). The monoisotopic (exact) mass is 409 g/mol. The van der Waals surface area contributed by atoms with E-state index in [-0.39, 0.29) is 17.9 Å². The summed E-state index contributed by atoms with van der Waals surface area (Å²) in [6.07, 6.45) is 3.71. The Labute approximate surface area is 176 Å². The van der Waals surface area contributed by atoms with E-state index in [0.717, 1.165) is 37.1 Å². The molecule has 2 aliphatic heterocycles. The van der Waals surface area contributed by atoms with E-state index in [2.05, 4.69) is 15.5 Å². The minimum Gasteiger partial charge on any atom is -0.493 e. The Morgan fingerprint density at radius 1 is 1.13 bits per heavy atom. The summed E-state index contributed by atoms with van der Waals surface area (Å²) in [6, 6.07) is 11.2. The third-order valence-electron chi connectivity index (χ3n) is 5.78. The molecule has 2 aromatic carbocycles. The van der Waals surface area contributed by atoms with Crippen LogP contribution in [0.2, 0.25) is 0 Å². The number of carbonyl (C=O) groups excluding carboxylic acids is 2. The second-order valence-corrected chi connectivity index (χ2v) is 7.62. The van der Waals surface area contributed by atoms with Gasteiger partial charge in [-0.25, -0.2) is 0 Å².